The second-order valence-corrected chi connectivity index (χ2v) is 12.0. The molecule has 1 aliphatic carbocycles. The molecule has 35 heavy (non-hydrogen) atoms. The maximum absolute atomic E-state index is 14.3. The molecule has 3 heteroatoms. The van der Waals surface area contributed by atoms with Crippen LogP contribution in [0, 0.1) is 29.1 Å². The van der Waals surface area contributed by atoms with E-state index in [0.717, 1.165) is 30.4 Å². The van der Waals surface area contributed by atoms with E-state index in [1.54, 1.807) is 0 Å². The number of carbonyl (C=O) groups excluding carboxylic acids is 2. The summed E-state index contributed by atoms with van der Waals surface area (Å²) in [6.07, 6.45) is 5.06. The van der Waals surface area contributed by atoms with Gasteiger partial charge in [0.05, 0.1) is 11.0 Å². The van der Waals surface area contributed by atoms with E-state index in [4.69, 9.17) is 0 Å². The zero-order chi connectivity index (χ0) is 26.3. The van der Waals surface area contributed by atoms with Crippen LogP contribution in [0.5, 0.6) is 0 Å². The van der Waals surface area contributed by atoms with Crippen LogP contribution in [-0.2, 0) is 16.0 Å². The van der Waals surface area contributed by atoms with Crippen LogP contribution in [0.3, 0.4) is 0 Å². The Bertz CT molecular complexity index is 919. The Kier molecular flexibility index (Phi) is 10.5. The summed E-state index contributed by atoms with van der Waals surface area (Å²) in [5.74, 6) is 1.01. The van der Waals surface area contributed by atoms with Crippen molar-refractivity contribution < 1.29 is 14.7 Å². The Morgan fingerprint density at radius 1 is 0.857 bits per heavy atom. The van der Waals surface area contributed by atoms with Gasteiger partial charge in [0.15, 0.2) is 11.6 Å². The first kappa shape index (κ1) is 29.1. The lowest BCUT2D eigenvalue weighted by molar-refractivity contribution is -0.130. The number of benzene rings is 1. The third kappa shape index (κ3) is 7.18. The van der Waals surface area contributed by atoms with Gasteiger partial charge in [-0.25, -0.2) is 0 Å². The normalized spacial score (nSPS) is 17.2. The Morgan fingerprint density at radius 3 is 1.86 bits per heavy atom. The summed E-state index contributed by atoms with van der Waals surface area (Å²) in [5, 5.41) is 11.7. The highest BCUT2D eigenvalue weighted by Gasteiger charge is 2.49. The van der Waals surface area contributed by atoms with Gasteiger partial charge in [-0.2, -0.15) is 0 Å². The lowest BCUT2D eigenvalue weighted by Gasteiger charge is -2.39. The van der Waals surface area contributed by atoms with Gasteiger partial charge >= 0.3 is 0 Å². The molecule has 1 aliphatic rings. The second kappa shape index (κ2) is 12.7. The monoisotopic (exact) mass is 480 g/mol. The minimum Gasteiger partial charge on any atom is -0.511 e. The number of carbonyl (C=O) groups is 2. The van der Waals surface area contributed by atoms with Crippen molar-refractivity contribution >= 4 is 11.6 Å². The Morgan fingerprint density at radius 2 is 1.37 bits per heavy atom. The van der Waals surface area contributed by atoms with E-state index in [9.17, 15) is 14.7 Å². The van der Waals surface area contributed by atoms with Gasteiger partial charge < -0.3 is 5.11 Å². The molecule has 0 heterocycles. The Balaban J connectivity index is 2.59. The van der Waals surface area contributed by atoms with Crippen LogP contribution < -0.4 is 0 Å². The fourth-order valence-corrected chi connectivity index (χ4v) is 5.14. The standard InChI is InChI=1S/C32H48O3/c1-21(2)14-15-27-25(8)28(29(33)24(7)20-26-12-10-9-11-13-26)31(35)32(30(27)34,18-16-22(3)4)19-17-23(5)6/h9-13,21-24,34H,14-20H2,1-8H3. The van der Waals surface area contributed by atoms with Crippen LogP contribution in [0.4, 0.5) is 0 Å². The maximum atomic E-state index is 14.3. The highest BCUT2D eigenvalue weighted by Crippen LogP contribution is 2.49. The quantitative estimate of drug-likeness (QED) is 0.288. The zero-order valence-electron chi connectivity index (χ0n) is 23.4. The highest BCUT2D eigenvalue weighted by atomic mass is 16.3. The molecule has 194 valence electrons. The Labute approximate surface area is 214 Å². The van der Waals surface area contributed by atoms with Crippen LogP contribution in [0.1, 0.15) is 99.5 Å². The highest BCUT2D eigenvalue weighted by molar-refractivity contribution is 6.25. The van der Waals surface area contributed by atoms with Crippen molar-refractivity contribution in [3.63, 3.8) is 0 Å². The van der Waals surface area contributed by atoms with Gasteiger partial charge in [0.1, 0.15) is 5.76 Å². The van der Waals surface area contributed by atoms with Crippen molar-refractivity contribution in [2.45, 2.75) is 100 Å². The van der Waals surface area contributed by atoms with E-state index in [0.29, 0.717) is 54.6 Å². The predicted octanol–water partition coefficient (Wildman–Crippen LogP) is 8.44. The number of allylic oxidation sites excluding steroid dienone is 4. The van der Waals surface area contributed by atoms with Gasteiger partial charge in [0, 0.05) is 5.92 Å². The van der Waals surface area contributed by atoms with Crippen molar-refractivity contribution in [2.24, 2.45) is 29.1 Å². The molecular weight excluding hydrogens is 432 g/mol. The van der Waals surface area contributed by atoms with Gasteiger partial charge in [-0.05, 0) is 86.3 Å². The first-order chi connectivity index (χ1) is 16.4. The number of rotatable bonds is 13. The third-order valence-electron chi connectivity index (χ3n) is 7.58. The molecule has 1 unspecified atom stereocenters. The average molecular weight is 481 g/mol. The van der Waals surface area contributed by atoms with Crippen LogP contribution in [0.25, 0.3) is 0 Å². The van der Waals surface area contributed by atoms with Gasteiger partial charge in [-0.15, -0.1) is 0 Å². The van der Waals surface area contributed by atoms with Crippen molar-refractivity contribution in [3.8, 4) is 0 Å². The fraction of sp³-hybridized carbons (Fsp3) is 0.625. The first-order valence-corrected chi connectivity index (χ1v) is 13.7. The molecule has 1 aromatic rings. The van der Waals surface area contributed by atoms with E-state index in [1.807, 2.05) is 44.2 Å². The minimum absolute atomic E-state index is 0.0793. The molecule has 0 aliphatic heterocycles. The van der Waals surface area contributed by atoms with Gasteiger partial charge in [-0.3, -0.25) is 9.59 Å². The molecule has 3 nitrogen and oxygen atoms in total. The molecule has 0 aromatic heterocycles. The number of ketones is 2. The van der Waals surface area contributed by atoms with E-state index >= 15 is 0 Å². The predicted molar refractivity (Wildman–Crippen MR) is 146 cm³/mol. The van der Waals surface area contributed by atoms with Crippen molar-refractivity contribution in [1.29, 1.82) is 0 Å². The maximum Gasteiger partial charge on any atom is 0.180 e. The minimum atomic E-state index is -0.988. The summed E-state index contributed by atoms with van der Waals surface area (Å²) in [5.41, 5.74) is 1.98. The summed E-state index contributed by atoms with van der Waals surface area (Å²) in [6, 6.07) is 10.00. The molecule has 0 fully saturated rings. The van der Waals surface area contributed by atoms with Crippen molar-refractivity contribution in [3.05, 3.63) is 58.4 Å². The second-order valence-electron chi connectivity index (χ2n) is 12.0. The molecule has 0 radical (unpaired) electrons. The van der Waals surface area contributed by atoms with Crippen LogP contribution >= 0.6 is 0 Å². The van der Waals surface area contributed by atoms with E-state index < -0.39 is 5.41 Å². The summed E-state index contributed by atoms with van der Waals surface area (Å²) in [7, 11) is 0. The van der Waals surface area contributed by atoms with Gasteiger partial charge in [0.25, 0.3) is 0 Å². The summed E-state index contributed by atoms with van der Waals surface area (Å²) in [4.78, 5) is 28.2. The number of hydrogen-bond donors (Lipinski definition) is 1. The summed E-state index contributed by atoms with van der Waals surface area (Å²) < 4.78 is 0. The molecule has 0 saturated carbocycles. The number of hydrogen-bond acceptors (Lipinski definition) is 3. The number of aliphatic hydroxyl groups is 1. The van der Waals surface area contributed by atoms with Gasteiger partial charge in [-0.1, -0.05) is 78.8 Å². The average Bonchev–Trinajstić information content (AvgIpc) is 2.78. The summed E-state index contributed by atoms with van der Waals surface area (Å²) in [6.45, 7) is 16.8. The summed E-state index contributed by atoms with van der Waals surface area (Å²) >= 11 is 0. The molecule has 0 spiro atoms. The molecule has 0 amide bonds. The molecule has 1 aromatic carbocycles. The molecular formula is C32H48O3. The number of Topliss-reactive ketones (excluding diaryl/α,β-unsaturated/α-hetero) is 2. The number of aliphatic hydroxyl groups excluding tert-OH is 1. The Hall–Kier alpha value is -2.16. The van der Waals surface area contributed by atoms with Crippen molar-refractivity contribution in [2.75, 3.05) is 0 Å². The van der Waals surface area contributed by atoms with E-state index in [-0.39, 0.29) is 23.2 Å². The molecule has 1 atom stereocenters. The van der Waals surface area contributed by atoms with Crippen LogP contribution in [-0.4, -0.2) is 16.7 Å². The van der Waals surface area contributed by atoms with Crippen molar-refractivity contribution in [1.82, 2.24) is 0 Å². The van der Waals surface area contributed by atoms with Crippen LogP contribution in [0.15, 0.2) is 52.8 Å². The largest absolute Gasteiger partial charge is 0.511 e. The zero-order valence-corrected chi connectivity index (χ0v) is 23.4. The lowest BCUT2D eigenvalue weighted by Crippen LogP contribution is -2.42. The van der Waals surface area contributed by atoms with Crippen LogP contribution in [0.2, 0.25) is 0 Å². The first-order valence-electron chi connectivity index (χ1n) is 13.7. The fourth-order valence-electron chi connectivity index (χ4n) is 5.14. The van der Waals surface area contributed by atoms with E-state index in [2.05, 4.69) is 41.5 Å². The third-order valence-corrected chi connectivity index (χ3v) is 7.58. The topological polar surface area (TPSA) is 54.4 Å². The molecule has 1 N–H and O–H groups in total. The van der Waals surface area contributed by atoms with Gasteiger partial charge in [0.2, 0.25) is 0 Å². The molecule has 2 rings (SSSR count). The molecule has 0 saturated heterocycles. The molecule has 0 bridgehead atoms. The lowest BCUT2D eigenvalue weighted by atomic mass is 9.63. The smallest absolute Gasteiger partial charge is 0.180 e. The SMILES string of the molecule is CC1=C(C(=O)C(C)Cc2ccccc2)C(=O)C(CCC(C)C)(CCC(C)C)C(O)=C1CCC(C)C. The van der Waals surface area contributed by atoms with E-state index in [1.165, 1.54) is 0 Å².